The van der Waals surface area contributed by atoms with Crippen molar-refractivity contribution in [1.82, 2.24) is 19.5 Å². The highest BCUT2D eigenvalue weighted by molar-refractivity contribution is 5.82. The number of carbonyl (C=O) groups excluding carboxylic acids is 1. The van der Waals surface area contributed by atoms with E-state index in [0.717, 1.165) is 6.42 Å². The smallest absolute Gasteiger partial charge is 0.219 e. The molecule has 2 aromatic heterocycles. The van der Waals surface area contributed by atoms with Crippen LogP contribution in [-0.4, -0.2) is 86.4 Å². The first kappa shape index (κ1) is 19.9. The molecule has 0 bridgehead atoms. The Morgan fingerprint density at radius 2 is 2.21 bits per heavy atom. The summed E-state index contributed by atoms with van der Waals surface area (Å²) in [5.74, 6) is 0.0950. The maximum atomic E-state index is 10.8. The van der Waals surface area contributed by atoms with E-state index in [1.54, 1.807) is 4.57 Å². The number of primary amides is 1. The summed E-state index contributed by atoms with van der Waals surface area (Å²) in [6.45, 7) is 1.42. The van der Waals surface area contributed by atoms with Crippen LogP contribution in [0.25, 0.3) is 11.2 Å². The largest absolute Gasteiger partial charge is 0.387 e. The number of imidazole rings is 1. The normalized spacial score (nSPS) is 29.5. The van der Waals surface area contributed by atoms with Crippen LogP contribution in [0.15, 0.2) is 12.7 Å². The van der Waals surface area contributed by atoms with E-state index in [4.69, 9.17) is 19.9 Å². The number of fused-ring (bicyclic) bond motifs is 1. The van der Waals surface area contributed by atoms with Gasteiger partial charge in [-0.1, -0.05) is 0 Å². The Kier molecular flexibility index (Phi) is 5.87. The fourth-order valence-corrected chi connectivity index (χ4v) is 3.45. The van der Waals surface area contributed by atoms with Crippen molar-refractivity contribution in [3.8, 4) is 0 Å². The second-order valence-electron chi connectivity index (χ2n) is 7.09. The van der Waals surface area contributed by atoms with Crippen LogP contribution in [0.2, 0.25) is 0 Å². The first-order chi connectivity index (χ1) is 14.0. The molecule has 0 spiro atoms. The molecule has 0 aromatic carbocycles. The number of rotatable bonds is 8. The molecule has 5 atom stereocenters. The molecule has 12 nitrogen and oxygen atoms in total. The van der Waals surface area contributed by atoms with E-state index in [1.807, 2.05) is 0 Å². The highest BCUT2D eigenvalue weighted by Crippen LogP contribution is 2.32. The number of nitrogens with one attached hydrogen (secondary N) is 1. The van der Waals surface area contributed by atoms with Crippen LogP contribution < -0.4 is 11.1 Å². The summed E-state index contributed by atoms with van der Waals surface area (Å²) in [4.78, 5) is 23.7. The molecular formula is C17H24N6O6. The van der Waals surface area contributed by atoms with Gasteiger partial charge >= 0.3 is 0 Å². The minimum atomic E-state index is -1.20. The maximum Gasteiger partial charge on any atom is 0.219 e. The molecule has 5 N–H and O–H groups in total. The Balaban J connectivity index is 1.48. The zero-order valence-electron chi connectivity index (χ0n) is 15.7. The minimum absolute atomic E-state index is 0.0120. The van der Waals surface area contributed by atoms with Crippen molar-refractivity contribution in [1.29, 1.82) is 0 Å². The Hall–Kier alpha value is -2.38. The highest BCUT2D eigenvalue weighted by atomic mass is 16.6. The lowest BCUT2D eigenvalue weighted by molar-refractivity contribution is -0.119. The third kappa shape index (κ3) is 4.16. The van der Waals surface area contributed by atoms with Crippen LogP contribution in [0.5, 0.6) is 0 Å². The lowest BCUT2D eigenvalue weighted by atomic mass is 10.1. The summed E-state index contributed by atoms with van der Waals surface area (Å²) in [6.07, 6.45) is -0.187. The lowest BCUT2D eigenvalue weighted by Crippen LogP contribution is -2.34. The van der Waals surface area contributed by atoms with Gasteiger partial charge in [-0.15, -0.1) is 0 Å². The summed E-state index contributed by atoms with van der Waals surface area (Å²) in [5, 5.41) is 24.1. The molecule has 2 saturated heterocycles. The molecule has 2 aliphatic heterocycles. The van der Waals surface area contributed by atoms with Gasteiger partial charge in [0.05, 0.1) is 32.2 Å². The molecule has 158 valence electrons. The van der Waals surface area contributed by atoms with Crippen LogP contribution in [-0.2, 0) is 19.0 Å². The van der Waals surface area contributed by atoms with Crippen LogP contribution in [0, 0.1) is 0 Å². The molecule has 2 aliphatic rings. The van der Waals surface area contributed by atoms with Crippen molar-refractivity contribution >= 4 is 22.9 Å². The number of hydrogen-bond acceptors (Lipinski definition) is 10. The van der Waals surface area contributed by atoms with E-state index in [0.29, 0.717) is 30.2 Å². The number of aromatic nitrogens is 4. The fourth-order valence-electron chi connectivity index (χ4n) is 3.45. The van der Waals surface area contributed by atoms with Crippen LogP contribution >= 0.6 is 0 Å². The fraction of sp³-hybridized carbons (Fsp3) is 0.647. The molecule has 0 unspecified atom stereocenters. The predicted octanol–water partition coefficient (Wildman–Crippen LogP) is -1.46. The van der Waals surface area contributed by atoms with Gasteiger partial charge in [0.2, 0.25) is 5.91 Å². The number of hydrogen-bond donors (Lipinski definition) is 4. The average molecular weight is 408 g/mol. The molecule has 4 heterocycles. The number of carbonyl (C=O) groups is 1. The zero-order valence-corrected chi connectivity index (χ0v) is 15.7. The van der Waals surface area contributed by atoms with Gasteiger partial charge in [-0.3, -0.25) is 9.36 Å². The Bertz CT molecular complexity index is 856. The van der Waals surface area contributed by atoms with Gasteiger partial charge in [-0.25, -0.2) is 15.0 Å². The van der Waals surface area contributed by atoms with Crippen molar-refractivity contribution in [2.24, 2.45) is 5.73 Å². The summed E-state index contributed by atoms with van der Waals surface area (Å²) >= 11 is 0. The first-order valence-electron chi connectivity index (χ1n) is 9.44. The van der Waals surface area contributed by atoms with E-state index in [-0.39, 0.29) is 25.7 Å². The van der Waals surface area contributed by atoms with Gasteiger partial charge < -0.3 is 35.5 Å². The zero-order chi connectivity index (χ0) is 20.4. The predicted molar refractivity (Wildman–Crippen MR) is 98.7 cm³/mol. The van der Waals surface area contributed by atoms with E-state index >= 15 is 0 Å². The SMILES string of the molecule is NC(=O)CCOC[C@H]1O[C@@H](n2cnc3c(N[C@@H]4CCOC4)ncnc32)[C@H](O)[C@H]1O. The molecule has 4 rings (SSSR count). The number of nitrogens with two attached hydrogens (primary N) is 1. The molecule has 0 saturated carbocycles. The second kappa shape index (κ2) is 8.55. The number of nitrogens with zero attached hydrogens (tertiary/aromatic N) is 4. The molecule has 12 heteroatoms. The number of anilines is 1. The summed E-state index contributed by atoms with van der Waals surface area (Å²) in [5.41, 5.74) is 6.06. The number of ether oxygens (including phenoxy) is 3. The Labute approximate surface area is 166 Å². The van der Waals surface area contributed by atoms with Crippen LogP contribution in [0.3, 0.4) is 0 Å². The van der Waals surface area contributed by atoms with Gasteiger partial charge in [0, 0.05) is 13.0 Å². The number of aliphatic hydroxyl groups excluding tert-OH is 2. The van der Waals surface area contributed by atoms with E-state index in [2.05, 4.69) is 20.3 Å². The Morgan fingerprint density at radius 3 is 2.97 bits per heavy atom. The third-order valence-electron chi connectivity index (χ3n) is 5.02. The Morgan fingerprint density at radius 1 is 1.34 bits per heavy atom. The first-order valence-corrected chi connectivity index (χ1v) is 9.44. The van der Waals surface area contributed by atoms with Crippen LogP contribution in [0.4, 0.5) is 5.82 Å². The summed E-state index contributed by atoms with van der Waals surface area (Å²) in [7, 11) is 0. The van der Waals surface area contributed by atoms with Crippen LogP contribution in [0.1, 0.15) is 19.1 Å². The molecule has 2 aromatic rings. The van der Waals surface area contributed by atoms with E-state index in [1.165, 1.54) is 12.7 Å². The monoisotopic (exact) mass is 408 g/mol. The number of amides is 1. The van der Waals surface area contributed by atoms with E-state index < -0.39 is 30.4 Å². The van der Waals surface area contributed by atoms with Gasteiger partial charge in [0.15, 0.2) is 23.2 Å². The average Bonchev–Trinajstić information content (AvgIpc) is 3.41. The molecule has 29 heavy (non-hydrogen) atoms. The minimum Gasteiger partial charge on any atom is -0.387 e. The molecular weight excluding hydrogens is 384 g/mol. The van der Waals surface area contributed by atoms with Gasteiger partial charge in [0.25, 0.3) is 0 Å². The summed E-state index contributed by atoms with van der Waals surface area (Å²) in [6, 6.07) is 0.148. The standard InChI is InChI=1S/C17H24N6O6/c18-11(24)2-4-28-6-10-13(25)14(26)17(29-10)23-8-21-12-15(19-7-20-16(12)23)22-9-1-3-27-5-9/h7-10,13-14,17,25-26H,1-6H2,(H2,18,24)(H,19,20,22)/t9-,10-,13+,14-,17-/m1/s1. The maximum absolute atomic E-state index is 10.8. The van der Waals surface area contributed by atoms with E-state index in [9.17, 15) is 15.0 Å². The second-order valence-corrected chi connectivity index (χ2v) is 7.09. The molecule has 1 amide bonds. The van der Waals surface area contributed by atoms with Gasteiger partial charge in [-0.05, 0) is 6.42 Å². The molecule has 0 aliphatic carbocycles. The third-order valence-corrected chi connectivity index (χ3v) is 5.02. The van der Waals surface area contributed by atoms with Gasteiger partial charge in [0.1, 0.15) is 24.6 Å². The highest BCUT2D eigenvalue weighted by Gasteiger charge is 2.44. The van der Waals surface area contributed by atoms with Crippen molar-refractivity contribution < 1.29 is 29.2 Å². The van der Waals surface area contributed by atoms with Crippen molar-refractivity contribution in [3.05, 3.63) is 12.7 Å². The molecule has 2 fully saturated rings. The summed E-state index contributed by atoms with van der Waals surface area (Å²) < 4.78 is 18.1. The molecule has 0 radical (unpaired) electrons. The van der Waals surface area contributed by atoms with Gasteiger partial charge in [-0.2, -0.15) is 0 Å². The van der Waals surface area contributed by atoms with Crippen molar-refractivity contribution in [2.45, 2.75) is 43.4 Å². The van der Waals surface area contributed by atoms with Crippen molar-refractivity contribution in [2.75, 3.05) is 31.7 Å². The lowest BCUT2D eigenvalue weighted by Gasteiger charge is -2.17. The quantitative estimate of drug-likeness (QED) is 0.379. The topological polar surface area (TPSA) is 167 Å². The number of aliphatic hydroxyl groups is 2. The van der Waals surface area contributed by atoms with Crippen molar-refractivity contribution in [3.63, 3.8) is 0 Å².